The summed E-state index contributed by atoms with van der Waals surface area (Å²) < 4.78 is 0. The quantitative estimate of drug-likeness (QED) is 0.426. The average molecular weight is 313 g/mol. The molecule has 1 heterocycles. The summed E-state index contributed by atoms with van der Waals surface area (Å²) in [6.07, 6.45) is 6.64. The maximum absolute atomic E-state index is 3.26. The van der Waals surface area contributed by atoms with Crippen LogP contribution in [0.15, 0.2) is 11.4 Å². The Morgan fingerprint density at radius 3 is 2.69 bits per heavy atom. The second kappa shape index (κ2) is 10.9. The molecule has 0 radical (unpaired) electrons. The van der Waals surface area contributed by atoms with Gasteiger partial charge < -0.3 is 11.3 Å². The first-order valence-electron chi connectivity index (χ1n) is 4.64. The van der Waals surface area contributed by atoms with Crippen molar-refractivity contribution in [2.45, 2.75) is 39.0 Å². The number of hydrogen-bond donors (Lipinski definition) is 0. The third kappa shape index (κ3) is 7.84. The van der Waals surface area contributed by atoms with E-state index in [9.17, 15) is 0 Å². The summed E-state index contributed by atoms with van der Waals surface area (Å²) in [4.78, 5) is 0. The van der Waals surface area contributed by atoms with Gasteiger partial charge in [0.05, 0.1) is 0 Å². The second-order valence-corrected chi connectivity index (χ2v) is 3.57. The van der Waals surface area contributed by atoms with Crippen LogP contribution in [0.25, 0.3) is 0 Å². The Hall–Kier alpha value is 0.803. The van der Waals surface area contributed by atoms with Crippen LogP contribution in [0.5, 0.6) is 0 Å². The standard InChI is InChI=1S/C10H15S.BrH.Zn/c1-2-3-4-5-6-10-7-8-11-9-10;;/h7-8H,2-6H2,1H3;1H;/q-1;;+2/p-1. The first kappa shape index (κ1) is 13.8. The van der Waals surface area contributed by atoms with Crippen molar-refractivity contribution in [3.63, 3.8) is 0 Å². The van der Waals surface area contributed by atoms with Crippen molar-refractivity contribution >= 4 is 25.0 Å². The van der Waals surface area contributed by atoms with E-state index in [1.165, 1.54) is 54.0 Å². The Morgan fingerprint density at radius 1 is 1.38 bits per heavy atom. The Morgan fingerprint density at radius 2 is 2.15 bits per heavy atom. The molecule has 3 heteroatoms. The molecule has 0 bridgehead atoms. The summed E-state index contributed by atoms with van der Waals surface area (Å²) in [6, 6.07) is 2.18. The zero-order valence-electron chi connectivity index (χ0n) is 8.18. The van der Waals surface area contributed by atoms with Gasteiger partial charge >= 0.3 is 30.0 Å². The van der Waals surface area contributed by atoms with Crippen LogP contribution in [0.3, 0.4) is 0 Å². The van der Waals surface area contributed by atoms with Gasteiger partial charge in [-0.2, -0.15) is 10.9 Å². The molecular formula is C10H15BrSZn. The molecule has 0 fully saturated rings. The fourth-order valence-corrected chi connectivity index (χ4v) is 1.76. The first-order valence-corrected chi connectivity index (χ1v) is 12.5. The second-order valence-electron chi connectivity index (χ2n) is 2.86. The molecule has 0 unspecified atom stereocenters. The van der Waals surface area contributed by atoms with E-state index in [1.54, 1.807) is 11.3 Å². The number of rotatable bonds is 5. The summed E-state index contributed by atoms with van der Waals surface area (Å²) in [5.74, 6) is 0. The number of hydrogen-bond acceptors (Lipinski definition) is 1. The number of unbranched alkanes of at least 4 members (excludes halogenated alkanes) is 3. The van der Waals surface area contributed by atoms with Crippen molar-refractivity contribution < 1.29 is 16.3 Å². The van der Waals surface area contributed by atoms with Crippen LogP contribution < -0.4 is 0 Å². The van der Waals surface area contributed by atoms with E-state index in [-0.39, 0.29) is 0 Å². The minimum absolute atomic E-state index is 1.19. The van der Waals surface area contributed by atoms with Gasteiger partial charge in [-0.15, -0.1) is 5.38 Å². The molecule has 0 amide bonds. The molecule has 0 spiro atoms. The molecule has 1 aromatic heterocycles. The van der Waals surface area contributed by atoms with Crippen LogP contribution in [0.1, 0.15) is 38.2 Å². The molecular weight excluding hydrogens is 297 g/mol. The van der Waals surface area contributed by atoms with Gasteiger partial charge in [-0.25, -0.2) is 6.07 Å². The van der Waals surface area contributed by atoms with Gasteiger partial charge in [-0.3, -0.25) is 0 Å². The molecule has 0 aliphatic carbocycles. The molecule has 1 aromatic rings. The summed E-state index contributed by atoms with van der Waals surface area (Å²) in [6.45, 7) is 2.25. The third-order valence-electron chi connectivity index (χ3n) is 1.83. The summed E-state index contributed by atoms with van der Waals surface area (Å²) in [5, 5.41) is 5.36. The van der Waals surface area contributed by atoms with Crippen LogP contribution >= 0.6 is 25.0 Å². The van der Waals surface area contributed by atoms with Gasteiger partial charge in [0.25, 0.3) is 0 Å². The van der Waals surface area contributed by atoms with Gasteiger partial charge in [-0.05, 0) is 0 Å². The molecule has 0 aliphatic rings. The molecule has 0 aromatic carbocycles. The predicted octanol–water partition coefficient (Wildman–Crippen LogP) is 4.51. The zero-order valence-corrected chi connectivity index (χ0v) is 13.6. The summed E-state index contributed by atoms with van der Waals surface area (Å²) >= 11 is 5.93. The van der Waals surface area contributed by atoms with Crippen molar-refractivity contribution in [3.8, 4) is 0 Å². The van der Waals surface area contributed by atoms with Gasteiger partial charge in [0, 0.05) is 0 Å². The topological polar surface area (TPSA) is 0 Å². The van der Waals surface area contributed by atoms with E-state index < -0.39 is 0 Å². The maximum atomic E-state index is 3.26. The normalized spacial score (nSPS) is 9.23. The Balaban J connectivity index is 0.000000671. The number of aryl methyl sites for hydroxylation is 1. The van der Waals surface area contributed by atoms with Crippen LogP contribution in [0.2, 0.25) is 0 Å². The molecule has 0 saturated carbocycles. The fraction of sp³-hybridized carbons (Fsp3) is 0.600. The average Bonchev–Trinajstić information content (AvgIpc) is 2.68. The van der Waals surface area contributed by atoms with Gasteiger partial charge in [0.15, 0.2) is 0 Å². The monoisotopic (exact) mass is 310 g/mol. The van der Waals surface area contributed by atoms with Gasteiger partial charge in [-0.1, -0.05) is 39.0 Å². The van der Waals surface area contributed by atoms with E-state index in [2.05, 4.69) is 37.4 Å². The van der Waals surface area contributed by atoms with Crippen molar-refractivity contribution in [2.75, 3.05) is 0 Å². The van der Waals surface area contributed by atoms with Crippen molar-refractivity contribution in [1.29, 1.82) is 0 Å². The molecule has 0 aliphatic heterocycles. The zero-order chi connectivity index (χ0) is 9.94. The fourth-order valence-electron chi connectivity index (χ4n) is 1.14. The molecule has 70 valence electrons. The molecule has 0 saturated heterocycles. The number of halogens is 1. The van der Waals surface area contributed by atoms with Crippen LogP contribution in [0, 0.1) is 5.38 Å². The predicted molar refractivity (Wildman–Crippen MR) is 59.9 cm³/mol. The third-order valence-corrected chi connectivity index (χ3v) is 2.48. The van der Waals surface area contributed by atoms with Crippen molar-refractivity contribution in [1.82, 2.24) is 0 Å². The Bertz CT molecular complexity index is 175. The van der Waals surface area contributed by atoms with Crippen LogP contribution in [-0.4, -0.2) is 0 Å². The minimum atomic E-state index is 1.19. The number of thiophene rings is 1. The van der Waals surface area contributed by atoms with Crippen LogP contribution in [0.4, 0.5) is 0 Å². The molecule has 0 nitrogen and oxygen atoms in total. The van der Waals surface area contributed by atoms with E-state index in [4.69, 9.17) is 0 Å². The van der Waals surface area contributed by atoms with Crippen LogP contribution in [-0.2, 0) is 22.8 Å². The summed E-state index contributed by atoms with van der Waals surface area (Å²) in [7, 11) is 0. The van der Waals surface area contributed by atoms with Crippen molar-refractivity contribution in [2.24, 2.45) is 0 Å². The SMILES string of the molecule is CCCCCCc1[c-]scc1.[Zn+][Br]. The van der Waals surface area contributed by atoms with E-state index in [0.29, 0.717) is 0 Å². The van der Waals surface area contributed by atoms with Gasteiger partial charge in [0.2, 0.25) is 0 Å². The molecule has 0 atom stereocenters. The molecule has 13 heavy (non-hydrogen) atoms. The Kier molecular flexibility index (Phi) is 11.6. The van der Waals surface area contributed by atoms with E-state index >= 15 is 0 Å². The Labute approximate surface area is 102 Å². The van der Waals surface area contributed by atoms with E-state index in [1.807, 2.05) is 0 Å². The van der Waals surface area contributed by atoms with Crippen molar-refractivity contribution in [3.05, 3.63) is 22.4 Å². The first-order chi connectivity index (χ1) is 6.43. The molecule has 0 N–H and O–H groups in total. The van der Waals surface area contributed by atoms with E-state index in [0.717, 1.165) is 0 Å². The molecule has 1 rings (SSSR count). The summed E-state index contributed by atoms with van der Waals surface area (Å²) in [5.41, 5.74) is 1.39. The van der Waals surface area contributed by atoms with Gasteiger partial charge in [0.1, 0.15) is 0 Å².